The molecule has 0 atom stereocenters. The summed E-state index contributed by atoms with van der Waals surface area (Å²) in [5.41, 5.74) is 4.84. The van der Waals surface area contributed by atoms with Crippen molar-refractivity contribution >= 4 is 11.8 Å². The number of phenols is 1. The lowest BCUT2D eigenvalue weighted by Gasteiger charge is -2.15. The summed E-state index contributed by atoms with van der Waals surface area (Å²) in [4.78, 5) is 12.5. The highest BCUT2D eigenvalue weighted by atomic mass is 16.5. The van der Waals surface area contributed by atoms with E-state index in [4.69, 9.17) is 9.47 Å². The van der Waals surface area contributed by atoms with Gasteiger partial charge in [-0.05, 0) is 46.5 Å². The summed E-state index contributed by atoms with van der Waals surface area (Å²) in [5.74, 6) is 1.04. The highest BCUT2D eigenvalue weighted by Gasteiger charge is 2.29. The third-order valence-electron chi connectivity index (χ3n) is 5.53. The molecule has 0 heterocycles. The van der Waals surface area contributed by atoms with Crippen LogP contribution < -0.4 is 10.1 Å². The molecular formula is C27H21NO4. The number of phenolic OH excluding ortho intramolecular Hbond substituents is 1. The highest BCUT2D eigenvalue weighted by Crippen LogP contribution is 2.44. The van der Waals surface area contributed by atoms with E-state index >= 15 is 0 Å². The largest absolute Gasteiger partial charge is 0.506 e. The van der Waals surface area contributed by atoms with Gasteiger partial charge >= 0.3 is 6.09 Å². The number of rotatable bonds is 5. The number of aromatic hydroxyl groups is 1. The first kappa shape index (κ1) is 19.7. The van der Waals surface area contributed by atoms with Crippen molar-refractivity contribution in [1.29, 1.82) is 0 Å². The molecule has 158 valence electrons. The minimum Gasteiger partial charge on any atom is -0.506 e. The number of hydrogen-bond acceptors (Lipinski definition) is 4. The van der Waals surface area contributed by atoms with Crippen LogP contribution >= 0.6 is 0 Å². The second kappa shape index (κ2) is 8.47. The van der Waals surface area contributed by atoms with E-state index in [0.717, 1.165) is 11.1 Å². The molecule has 0 aromatic heterocycles. The Labute approximate surface area is 185 Å². The van der Waals surface area contributed by atoms with Crippen molar-refractivity contribution in [3.05, 3.63) is 108 Å². The van der Waals surface area contributed by atoms with E-state index in [-0.39, 0.29) is 24.0 Å². The van der Waals surface area contributed by atoms with Gasteiger partial charge in [-0.2, -0.15) is 0 Å². The average molecular weight is 423 g/mol. The molecule has 5 heteroatoms. The van der Waals surface area contributed by atoms with Gasteiger partial charge in [0.2, 0.25) is 0 Å². The smallest absolute Gasteiger partial charge is 0.411 e. The molecule has 5 rings (SSSR count). The van der Waals surface area contributed by atoms with Crippen LogP contribution in [0.3, 0.4) is 0 Å². The molecule has 0 spiro atoms. The van der Waals surface area contributed by atoms with Gasteiger partial charge in [0.15, 0.2) is 0 Å². The molecule has 1 amide bonds. The normalized spacial score (nSPS) is 12.0. The van der Waals surface area contributed by atoms with Gasteiger partial charge in [-0.25, -0.2) is 4.79 Å². The molecule has 0 saturated carbocycles. The molecule has 0 aliphatic heterocycles. The van der Waals surface area contributed by atoms with Crippen LogP contribution in [-0.4, -0.2) is 17.8 Å². The topological polar surface area (TPSA) is 67.8 Å². The van der Waals surface area contributed by atoms with Gasteiger partial charge in [0, 0.05) is 12.0 Å². The van der Waals surface area contributed by atoms with Gasteiger partial charge in [-0.1, -0.05) is 66.7 Å². The maximum Gasteiger partial charge on any atom is 0.411 e. The van der Waals surface area contributed by atoms with Crippen LogP contribution in [0.5, 0.6) is 17.2 Å². The Kier molecular flexibility index (Phi) is 5.22. The fourth-order valence-corrected chi connectivity index (χ4v) is 4.05. The zero-order chi connectivity index (χ0) is 21.9. The standard InChI is InChI=1S/C27H21NO4/c29-26-15-14-19(32-18-8-2-1-3-9-18)16-25(26)28-27(30)31-17-24-22-12-6-4-10-20(22)21-11-5-7-13-23(21)24/h1-16,24,29H,17H2,(H,28,30). The van der Waals surface area contributed by atoms with Crippen molar-refractivity contribution in [1.82, 2.24) is 0 Å². The quantitative estimate of drug-likeness (QED) is 0.357. The van der Waals surface area contributed by atoms with Crippen LogP contribution in [0.25, 0.3) is 11.1 Å². The summed E-state index contributed by atoms with van der Waals surface area (Å²) in [6, 6.07) is 30.3. The average Bonchev–Trinajstić information content (AvgIpc) is 3.14. The van der Waals surface area contributed by atoms with Crippen molar-refractivity contribution in [3.63, 3.8) is 0 Å². The Morgan fingerprint density at radius 1 is 0.781 bits per heavy atom. The molecule has 0 saturated heterocycles. The van der Waals surface area contributed by atoms with E-state index in [1.165, 1.54) is 17.2 Å². The number of carbonyl (C=O) groups excluding carboxylic acids is 1. The predicted octanol–water partition coefficient (Wildman–Crippen LogP) is 6.55. The van der Waals surface area contributed by atoms with E-state index in [1.54, 1.807) is 12.1 Å². The number of benzene rings is 4. The van der Waals surface area contributed by atoms with Crippen LogP contribution in [0.2, 0.25) is 0 Å². The van der Waals surface area contributed by atoms with Crippen molar-refractivity contribution in [3.8, 4) is 28.4 Å². The number of anilines is 1. The molecule has 0 fully saturated rings. The van der Waals surface area contributed by atoms with E-state index in [0.29, 0.717) is 11.5 Å². The first-order valence-corrected chi connectivity index (χ1v) is 10.4. The number of ether oxygens (including phenoxy) is 2. The second-order valence-electron chi connectivity index (χ2n) is 7.54. The lowest BCUT2D eigenvalue weighted by molar-refractivity contribution is 0.158. The monoisotopic (exact) mass is 423 g/mol. The van der Waals surface area contributed by atoms with Crippen LogP contribution in [0.1, 0.15) is 17.0 Å². The predicted molar refractivity (Wildman–Crippen MR) is 123 cm³/mol. The fourth-order valence-electron chi connectivity index (χ4n) is 4.05. The molecule has 4 aromatic carbocycles. The van der Waals surface area contributed by atoms with E-state index in [2.05, 4.69) is 29.6 Å². The number of fused-ring (bicyclic) bond motifs is 3. The molecule has 0 bridgehead atoms. The summed E-state index contributed by atoms with van der Waals surface area (Å²) in [7, 11) is 0. The minimum atomic E-state index is -0.640. The molecule has 2 N–H and O–H groups in total. The Balaban J connectivity index is 1.28. The number of hydrogen-bond donors (Lipinski definition) is 2. The highest BCUT2D eigenvalue weighted by molar-refractivity contribution is 5.87. The summed E-state index contributed by atoms with van der Waals surface area (Å²) in [5, 5.41) is 12.8. The SMILES string of the molecule is O=C(Nc1cc(Oc2ccccc2)ccc1O)OCC1c2ccccc2-c2ccccc21. The van der Waals surface area contributed by atoms with Gasteiger partial charge in [0.25, 0.3) is 0 Å². The van der Waals surface area contributed by atoms with Crippen LogP contribution in [0, 0.1) is 0 Å². The Morgan fingerprint density at radius 3 is 2.09 bits per heavy atom. The first-order valence-electron chi connectivity index (χ1n) is 10.4. The van der Waals surface area contributed by atoms with Gasteiger partial charge in [-0.3, -0.25) is 5.32 Å². The van der Waals surface area contributed by atoms with Crippen LogP contribution in [0.15, 0.2) is 97.1 Å². The Morgan fingerprint density at radius 2 is 1.41 bits per heavy atom. The van der Waals surface area contributed by atoms with Crippen molar-refractivity contribution in [2.24, 2.45) is 0 Å². The minimum absolute atomic E-state index is 0.0329. The molecule has 0 unspecified atom stereocenters. The summed E-state index contributed by atoms with van der Waals surface area (Å²) >= 11 is 0. The number of amides is 1. The van der Waals surface area contributed by atoms with E-state index < -0.39 is 6.09 Å². The van der Waals surface area contributed by atoms with Crippen molar-refractivity contribution in [2.75, 3.05) is 11.9 Å². The summed E-state index contributed by atoms with van der Waals surface area (Å²) in [6.45, 7) is 0.195. The molecule has 4 aromatic rings. The molecular weight excluding hydrogens is 402 g/mol. The molecule has 1 aliphatic carbocycles. The third-order valence-corrected chi connectivity index (χ3v) is 5.53. The lowest BCUT2D eigenvalue weighted by Crippen LogP contribution is -2.18. The van der Waals surface area contributed by atoms with E-state index in [1.807, 2.05) is 54.6 Å². The van der Waals surface area contributed by atoms with Crippen LogP contribution in [-0.2, 0) is 4.74 Å². The zero-order valence-corrected chi connectivity index (χ0v) is 17.2. The third kappa shape index (κ3) is 3.88. The maximum absolute atomic E-state index is 12.5. The molecule has 0 radical (unpaired) electrons. The lowest BCUT2D eigenvalue weighted by atomic mass is 9.98. The Hall–Kier alpha value is -4.25. The molecule has 32 heavy (non-hydrogen) atoms. The summed E-state index contributed by atoms with van der Waals surface area (Å²) < 4.78 is 11.3. The van der Waals surface area contributed by atoms with Gasteiger partial charge in [-0.15, -0.1) is 0 Å². The molecule has 1 aliphatic rings. The van der Waals surface area contributed by atoms with Crippen molar-refractivity contribution < 1.29 is 19.4 Å². The zero-order valence-electron chi connectivity index (χ0n) is 17.2. The van der Waals surface area contributed by atoms with Crippen molar-refractivity contribution in [2.45, 2.75) is 5.92 Å². The number of nitrogens with one attached hydrogen (secondary N) is 1. The van der Waals surface area contributed by atoms with Gasteiger partial charge in [0.05, 0.1) is 5.69 Å². The fraction of sp³-hybridized carbons (Fsp3) is 0.0741. The Bertz CT molecular complexity index is 1220. The van der Waals surface area contributed by atoms with Crippen LogP contribution in [0.4, 0.5) is 10.5 Å². The molecule has 5 nitrogen and oxygen atoms in total. The first-order chi connectivity index (χ1) is 15.7. The second-order valence-corrected chi connectivity index (χ2v) is 7.54. The number of carbonyl (C=O) groups is 1. The van der Waals surface area contributed by atoms with E-state index in [9.17, 15) is 9.90 Å². The summed E-state index contributed by atoms with van der Waals surface area (Å²) in [6.07, 6.45) is -0.640. The van der Waals surface area contributed by atoms with Gasteiger partial charge < -0.3 is 14.6 Å². The maximum atomic E-state index is 12.5. The number of para-hydroxylation sites is 1. The van der Waals surface area contributed by atoms with Gasteiger partial charge in [0.1, 0.15) is 23.9 Å².